The van der Waals surface area contributed by atoms with Crippen molar-refractivity contribution in [3.63, 3.8) is 0 Å². The van der Waals surface area contributed by atoms with E-state index in [1.54, 1.807) is 43.3 Å². The van der Waals surface area contributed by atoms with Crippen LogP contribution in [0.1, 0.15) is 21.5 Å². The number of amides is 1. The second kappa shape index (κ2) is 5.85. The fourth-order valence-corrected chi connectivity index (χ4v) is 1.96. The Bertz CT molecular complexity index is 613. The Kier molecular flexibility index (Phi) is 4.17. The summed E-state index contributed by atoms with van der Waals surface area (Å²) in [4.78, 5) is 11.9. The van der Waals surface area contributed by atoms with E-state index in [0.717, 1.165) is 5.56 Å². The molecule has 1 N–H and O–H groups in total. The second-order valence-electron chi connectivity index (χ2n) is 4.25. The lowest BCUT2D eigenvalue weighted by Gasteiger charge is -2.07. The molecule has 0 unspecified atom stereocenters. The van der Waals surface area contributed by atoms with Gasteiger partial charge in [0.2, 0.25) is 0 Å². The zero-order valence-corrected chi connectivity index (χ0v) is 11.2. The summed E-state index contributed by atoms with van der Waals surface area (Å²) in [5, 5.41) is 3.17. The highest BCUT2D eigenvalue weighted by atomic mass is 35.5. The number of carbonyl (C=O) groups is 1. The van der Waals surface area contributed by atoms with Crippen molar-refractivity contribution < 1.29 is 9.18 Å². The number of nitrogens with one attached hydrogen (secondary N) is 1. The third-order valence-electron chi connectivity index (χ3n) is 2.79. The fraction of sp³-hybridized carbons (Fsp3) is 0.133. The summed E-state index contributed by atoms with van der Waals surface area (Å²) in [5.74, 6) is -0.492. The molecule has 98 valence electrons. The summed E-state index contributed by atoms with van der Waals surface area (Å²) in [7, 11) is 0. The van der Waals surface area contributed by atoms with Crippen molar-refractivity contribution in [3.05, 3.63) is 70.0 Å². The van der Waals surface area contributed by atoms with Crippen LogP contribution in [0.25, 0.3) is 0 Å². The van der Waals surface area contributed by atoms with E-state index < -0.39 is 0 Å². The number of carbonyl (C=O) groups excluding carboxylic acids is 1. The first-order chi connectivity index (χ1) is 9.08. The summed E-state index contributed by atoms with van der Waals surface area (Å²) >= 11 is 5.94. The predicted molar refractivity (Wildman–Crippen MR) is 73.8 cm³/mol. The van der Waals surface area contributed by atoms with Crippen molar-refractivity contribution in [3.8, 4) is 0 Å². The van der Waals surface area contributed by atoms with E-state index in [1.807, 2.05) is 0 Å². The van der Waals surface area contributed by atoms with Crippen molar-refractivity contribution in [2.45, 2.75) is 13.5 Å². The van der Waals surface area contributed by atoms with Gasteiger partial charge in [-0.1, -0.05) is 35.9 Å². The molecule has 2 aromatic rings. The van der Waals surface area contributed by atoms with Crippen LogP contribution in [-0.2, 0) is 6.54 Å². The quantitative estimate of drug-likeness (QED) is 0.910. The molecule has 2 rings (SSSR count). The van der Waals surface area contributed by atoms with Gasteiger partial charge in [-0.05, 0) is 36.2 Å². The van der Waals surface area contributed by atoms with Gasteiger partial charge in [-0.15, -0.1) is 0 Å². The maximum absolute atomic E-state index is 13.1. The highest BCUT2D eigenvalue weighted by Gasteiger charge is 2.09. The van der Waals surface area contributed by atoms with Crippen LogP contribution in [-0.4, -0.2) is 5.91 Å². The van der Waals surface area contributed by atoms with E-state index >= 15 is 0 Å². The minimum atomic E-state index is -0.249. The SMILES string of the molecule is Cc1cc(CNC(=O)c2ccccc2Cl)ccc1F. The number of benzene rings is 2. The van der Waals surface area contributed by atoms with Crippen LogP contribution in [0, 0.1) is 12.7 Å². The van der Waals surface area contributed by atoms with Crippen LogP contribution < -0.4 is 5.32 Å². The van der Waals surface area contributed by atoms with Crippen molar-refractivity contribution in [2.24, 2.45) is 0 Å². The molecule has 1 amide bonds. The first-order valence-electron chi connectivity index (χ1n) is 5.85. The molecular weight excluding hydrogens is 265 g/mol. The van der Waals surface area contributed by atoms with Crippen molar-refractivity contribution in [1.82, 2.24) is 5.32 Å². The van der Waals surface area contributed by atoms with Gasteiger partial charge in [-0.2, -0.15) is 0 Å². The van der Waals surface area contributed by atoms with Crippen molar-refractivity contribution in [2.75, 3.05) is 0 Å². The number of rotatable bonds is 3. The van der Waals surface area contributed by atoms with Gasteiger partial charge in [-0.25, -0.2) is 4.39 Å². The van der Waals surface area contributed by atoms with Gasteiger partial charge in [0.15, 0.2) is 0 Å². The van der Waals surface area contributed by atoms with Crippen LogP contribution in [0.15, 0.2) is 42.5 Å². The maximum Gasteiger partial charge on any atom is 0.253 e. The Labute approximate surface area is 116 Å². The van der Waals surface area contributed by atoms with Crippen LogP contribution in [0.4, 0.5) is 4.39 Å². The van der Waals surface area contributed by atoms with Gasteiger partial charge >= 0.3 is 0 Å². The fourth-order valence-electron chi connectivity index (χ4n) is 1.74. The lowest BCUT2D eigenvalue weighted by molar-refractivity contribution is 0.0951. The first-order valence-corrected chi connectivity index (χ1v) is 6.23. The molecule has 0 radical (unpaired) electrons. The van der Waals surface area contributed by atoms with Gasteiger partial charge in [-0.3, -0.25) is 4.79 Å². The molecule has 0 aliphatic heterocycles. The zero-order chi connectivity index (χ0) is 13.8. The minimum Gasteiger partial charge on any atom is -0.348 e. The molecule has 0 aliphatic carbocycles. The minimum absolute atomic E-state index is 0.243. The highest BCUT2D eigenvalue weighted by molar-refractivity contribution is 6.33. The molecule has 0 heterocycles. The van der Waals surface area contributed by atoms with Gasteiger partial charge < -0.3 is 5.32 Å². The number of halogens is 2. The average Bonchev–Trinajstić information content (AvgIpc) is 2.40. The molecule has 4 heteroatoms. The Morgan fingerprint density at radius 3 is 2.68 bits per heavy atom. The van der Waals surface area contributed by atoms with E-state index in [-0.39, 0.29) is 11.7 Å². The smallest absolute Gasteiger partial charge is 0.253 e. The Hall–Kier alpha value is -1.87. The standard InChI is InChI=1S/C15H13ClFNO/c1-10-8-11(6-7-14(10)17)9-18-15(19)12-4-2-3-5-13(12)16/h2-8H,9H2,1H3,(H,18,19). The molecule has 0 atom stereocenters. The Morgan fingerprint density at radius 1 is 1.26 bits per heavy atom. The molecular formula is C15H13ClFNO. The third kappa shape index (κ3) is 3.32. The van der Waals surface area contributed by atoms with E-state index in [9.17, 15) is 9.18 Å². The number of hydrogen-bond acceptors (Lipinski definition) is 1. The summed E-state index contributed by atoms with van der Waals surface area (Å²) < 4.78 is 13.1. The van der Waals surface area contributed by atoms with Crippen LogP contribution >= 0.6 is 11.6 Å². The predicted octanol–water partition coefficient (Wildman–Crippen LogP) is 3.72. The van der Waals surface area contributed by atoms with Gasteiger partial charge in [0, 0.05) is 6.54 Å². The topological polar surface area (TPSA) is 29.1 Å². The molecule has 19 heavy (non-hydrogen) atoms. The number of hydrogen-bond donors (Lipinski definition) is 1. The van der Waals surface area contributed by atoms with Crippen molar-refractivity contribution in [1.29, 1.82) is 0 Å². The lowest BCUT2D eigenvalue weighted by Crippen LogP contribution is -2.23. The third-order valence-corrected chi connectivity index (χ3v) is 3.12. The van der Waals surface area contributed by atoms with Crippen LogP contribution in [0.2, 0.25) is 5.02 Å². The first kappa shape index (κ1) is 13.6. The monoisotopic (exact) mass is 277 g/mol. The molecule has 2 aromatic carbocycles. The lowest BCUT2D eigenvalue weighted by atomic mass is 10.1. The van der Waals surface area contributed by atoms with Crippen LogP contribution in [0.3, 0.4) is 0 Å². The largest absolute Gasteiger partial charge is 0.348 e. The molecule has 0 saturated heterocycles. The van der Waals surface area contributed by atoms with Gasteiger partial charge in [0.05, 0.1) is 10.6 Å². The van der Waals surface area contributed by atoms with Crippen LogP contribution in [0.5, 0.6) is 0 Å². The summed E-state index contributed by atoms with van der Waals surface area (Å²) in [6.07, 6.45) is 0. The summed E-state index contributed by atoms with van der Waals surface area (Å²) in [6, 6.07) is 11.6. The molecule has 0 bridgehead atoms. The molecule has 0 fully saturated rings. The Morgan fingerprint density at radius 2 is 2.00 bits per heavy atom. The molecule has 0 aliphatic rings. The molecule has 0 aromatic heterocycles. The maximum atomic E-state index is 13.1. The second-order valence-corrected chi connectivity index (χ2v) is 4.65. The number of aryl methyl sites for hydroxylation is 1. The van der Waals surface area contributed by atoms with Gasteiger partial charge in [0.25, 0.3) is 5.91 Å². The van der Waals surface area contributed by atoms with E-state index in [0.29, 0.717) is 22.7 Å². The Balaban J connectivity index is 2.04. The summed E-state index contributed by atoms with van der Waals surface area (Å²) in [5.41, 5.74) is 1.84. The van der Waals surface area contributed by atoms with E-state index in [4.69, 9.17) is 11.6 Å². The van der Waals surface area contributed by atoms with E-state index in [2.05, 4.69) is 5.32 Å². The average molecular weight is 278 g/mol. The van der Waals surface area contributed by atoms with Gasteiger partial charge in [0.1, 0.15) is 5.82 Å². The normalized spacial score (nSPS) is 10.3. The zero-order valence-electron chi connectivity index (χ0n) is 10.4. The summed E-state index contributed by atoms with van der Waals surface area (Å²) in [6.45, 7) is 2.03. The molecule has 0 spiro atoms. The molecule has 0 saturated carbocycles. The van der Waals surface area contributed by atoms with Crippen molar-refractivity contribution >= 4 is 17.5 Å². The molecule has 2 nitrogen and oxygen atoms in total. The highest BCUT2D eigenvalue weighted by Crippen LogP contribution is 2.15. The van der Waals surface area contributed by atoms with E-state index in [1.165, 1.54) is 6.07 Å².